The lowest BCUT2D eigenvalue weighted by molar-refractivity contribution is -0.123. The van der Waals surface area contributed by atoms with Gasteiger partial charge in [-0.15, -0.1) is 0 Å². The summed E-state index contributed by atoms with van der Waals surface area (Å²) in [5.74, 6) is 0.248. The first-order chi connectivity index (χ1) is 12.1. The Labute approximate surface area is 150 Å². The second kappa shape index (κ2) is 7.40. The molecular weight excluding hydrogens is 338 g/mol. The predicted octanol–water partition coefficient (Wildman–Crippen LogP) is 3.67. The monoisotopic (exact) mass is 355 g/mol. The number of carbonyl (C=O) groups excluding carboxylic acids is 1. The molecule has 5 nitrogen and oxygen atoms in total. The molecular formula is C19H18ClN3O2. The number of ether oxygens (including phenoxy) is 1. The van der Waals surface area contributed by atoms with E-state index in [2.05, 4.69) is 21.2 Å². The van der Waals surface area contributed by atoms with Crippen LogP contribution in [-0.2, 0) is 11.8 Å². The van der Waals surface area contributed by atoms with Crippen LogP contribution in [0.2, 0.25) is 5.02 Å². The van der Waals surface area contributed by atoms with Crippen LogP contribution in [0, 0.1) is 6.92 Å². The molecule has 0 unspecified atom stereocenters. The summed E-state index contributed by atoms with van der Waals surface area (Å²) in [5.41, 5.74) is 5.67. The molecule has 128 valence electrons. The molecule has 1 heterocycles. The number of para-hydroxylation sites is 1. The zero-order chi connectivity index (χ0) is 17.8. The third-order valence-corrected chi connectivity index (χ3v) is 4.27. The lowest BCUT2D eigenvalue weighted by atomic mass is 10.1. The number of carbonyl (C=O) groups is 1. The highest BCUT2D eigenvalue weighted by Crippen LogP contribution is 2.23. The largest absolute Gasteiger partial charge is 0.484 e. The Morgan fingerprint density at radius 1 is 1.24 bits per heavy atom. The number of nitrogens with zero attached hydrogens (tertiary/aromatic N) is 2. The number of rotatable bonds is 5. The van der Waals surface area contributed by atoms with Gasteiger partial charge in [-0.2, -0.15) is 5.10 Å². The third kappa shape index (κ3) is 3.83. The quantitative estimate of drug-likeness (QED) is 0.561. The van der Waals surface area contributed by atoms with Crippen molar-refractivity contribution in [3.05, 3.63) is 64.8 Å². The number of aromatic nitrogens is 1. The van der Waals surface area contributed by atoms with Crippen LogP contribution in [0.1, 0.15) is 11.3 Å². The van der Waals surface area contributed by atoms with Crippen molar-refractivity contribution in [3.63, 3.8) is 0 Å². The highest BCUT2D eigenvalue weighted by atomic mass is 35.5. The summed E-state index contributed by atoms with van der Waals surface area (Å²) in [6, 6.07) is 14.9. The second-order valence-corrected chi connectivity index (χ2v) is 6.05. The summed E-state index contributed by atoms with van der Waals surface area (Å²) in [7, 11) is 2.01. The van der Waals surface area contributed by atoms with Gasteiger partial charge < -0.3 is 9.30 Å². The average Bonchev–Trinajstić information content (AvgIpc) is 2.86. The number of halogens is 1. The van der Waals surface area contributed by atoms with Crippen molar-refractivity contribution < 1.29 is 9.53 Å². The normalized spacial score (nSPS) is 11.2. The van der Waals surface area contributed by atoms with Crippen LogP contribution in [0.25, 0.3) is 10.9 Å². The SMILES string of the molecule is Cc1c(/C=N/NC(=O)COc2ccc(Cl)cc2)c2ccccc2n1C. The maximum atomic E-state index is 11.8. The van der Waals surface area contributed by atoms with E-state index in [1.807, 2.05) is 32.2 Å². The van der Waals surface area contributed by atoms with Gasteiger partial charge in [-0.3, -0.25) is 4.79 Å². The van der Waals surface area contributed by atoms with E-state index in [1.54, 1.807) is 30.5 Å². The molecule has 3 aromatic rings. The maximum absolute atomic E-state index is 11.8. The van der Waals surface area contributed by atoms with Gasteiger partial charge in [0.15, 0.2) is 6.61 Å². The predicted molar refractivity (Wildman–Crippen MR) is 100 cm³/mol. The van der Waals surface area contributed by atoms with Gasteiger partial charge in [0.1, 0.15) is 5.75 Å². The average molecular weight is 356 g/mol. The standard InChI is InChI=1S/C19H18ClN3O2/c1-13-17(16-5-3-4-6-18(16)23(13)2)11-21-22-19(24)12-25-15-9-7-14(20)8-10-15/h3-11H,12H2,1-2H3,(H,22,24)/b21-11+. The van der Waals surface area contributed by atoms with Crippen molar-refractivity contribution in [2.24, 2.45) is 12.1 Å². The van der Waals surface area contributed by atoms with Gasteiger partial charge in [-0.25, -0.2) is 5.43 Å². The van der Waals surface area contributed by atoms with Gasteiger partial charge >= 0.3 is 0 Å². The summed E-state index contributed by atoms with van der Waals surface area (Å²) in [4.78, 5) is 11.8. The zero-order valence-corrected chi connectivity index (χ0v) is 14.7. The number of hydrogen-bond acceptors (Lipinski definition) is 3. The number of fused-ring (bicyclic) bond motifs is 1. The summed E-state index contributed by atoms with van der Waals surface area (Å²) < 4.78 is 7.47. The molecule has 0 fully saturated rings. The van der Waals surface area contributed by atoms with Crippen LogP contribution in [0.4, 0.5) is 0 Å². The first-order valence-corrected chi connectivity index (χ1v) is 8.18. The minimum absolute atomic E-state index is 0.118. The smallest absolute Gasteiger partial charge is 0.277 e. The highest BCUT2D eigenvalue weighted by Gasteiger charge is 2.09. The second-order valence-electron chi connectivity index (χ2n) is 5.61. The fourth-order valence-electron chi connectivity index (χ4n) is 2.59. The molecule has 1 N–H and O–H groups in total. The van der Waals surface area contributed by atoms with Gasteiger partial charge in [0, 0.05) is 34.2 Å². The van der Waals surface area contributed by atoms with Crippen LogP contribution < -0.4 is 10.2 Å². The van der Waals surface area contributed by atoms with E-state index in [1.165, 1.54) is 0 Å². The molecule has 0 saturated heterocycles. The fourth-order valence-corrected chi connectivity index (χ4v) is 2.72. The van der Waals surface area contributed by atoms with E-state index in [0.717, 1.165) is 22.2 Å². The number of aryl methyl sites for hydroxylation is 1. The molecule has 0 atom stereocenters. The molecule has 0 saturated carbocycles. The molecule has 0 aliphatic heterocycles. The number of hydrogen-bond donors (Lipinski definition) is 1. The van der Waals surface area contributed by atoms with Gasteiger partial charge in [-0.1, -0.05) is 29.8 Å². The minimum Gasteiger partial charge on any atom is -0.484 e. The molecule has 0 bridgehead atoms. The van der Waals surface area contributed by atoms with Crippen LogP contribution in [-0.4, -0.2) is 23.3 Å². The van der Waals surface area contributed by atoms with Crippen molar-refractivity contribution in [1.82, 2.24) is 9.99 Å². The molecule has 1 aromatic heterocycles. The Hall–Kier alpha value is -2.79. The Kier molecular flexibility index (Phi) is 5.05. The van der Waals surface area contributed by atoms with Crippen LogP contribution >= 0.6 is 11.6 Å². The molecule has 0 radical (unpaired) electrons. The summed E-state index contributed by atoms with van der Waals surface area (Å²) >= 11 is 5.80. The lowest BCUT2D eigenvalue weighted by Gasteiger charge is -2.04. The topological polar surface area (TPSA) is 55.6 Å². The Balaban J connectivity index is 1.62. The maximum Gasteiger partial charge on any atom is 0.277 e. The van der Waals surface area contributed by atoms with Gasteiger partial charge in [-0.05, 0) is 37.3 Å². The van der Waals surface area contributed by atoms with Crippen molar-refractivity contribution in [2.75, 3.05) is 6.61 Å². The van der Waals surface area contributed by atoms with Crippen LogP contribution in [0.3, 0.4) is 0 Å². The number of benzene rings is 2. The number of hydrazone groups is 1. The Morgan fingerprint density at radius 3 is 2.72 bits per heavy atom. The van der Waals surface area contributed by atoms with E-state index in [9.17, 15) is 4.79 Å². The molecule has 0 aliphatic carbocycles. The Morgan fingerprint density at radius 2 is 1.96 bits per heavy atom. The van der Waals surface area contributed by atoms with Crippen molar-refractivity contribution in [2.45, 2.75) is 6.92 Å². The minimum atomic E-state index is -0.330. The first kappa shape index (κ1) is 17.0. The van der Waals surface area contributed by atoms with E-state index in [0.29, 0.717) is 10.8 Å². The fraction of sp³-hybridized carbons (Fsp3) is 0.158. The Bertz CT molecular complexity index is 930. The lowest BCUT2D eigenvalue weighted by Crippen LogP contribution is -2.24. The summed E-state index contributed by atoms with van der Waals surface area (Å²) in [6.07, 6.45) is 1.66. The summed E-state index contributed by atoms with van der Waals surface area (Å²) in [5, 5.41) is 5.77. The van der Waals surface area contributed by atoms with E-state index in [-0.39, 0.29) is 12.5 Å². The van der Waals surface area contributed by atoms with Crippen molar-refractivity contribution in [1.29, 1.82) is 0 Å². The van der Waals surface area contributed by atoms with Crippen LogP contribution in [0.15, 0.2) is 53.6 Å². The van der Waals surface area contributed by atoms with Gasteiger partial charge in [0.25, 0.3) is 5.91 Å². The zero-order valence-electron chi connectivity index (χ0n) is 14.0. The molecule has 3 rings (SSSR count). The number of nitrogens with one attached hydrogen (secondary N) is 1. The van der Waals surface area contributed by atoms with Gasteiger partial charge in [0.2, 0.25) is 0 Å². The van der Waals surface area contributed by atoms with Crippen LogP contribution in [0.5, 0.6) is 5.75 Å². The first-order valence-electron chi connectivity index (χ1n) is 7.80. The van der Waals surface area contributed by atoms with Crippen molar-refractivity contribution in [3.8, 4) is 5.75 Å². The third-order valence-electron chi connectivity index (χ3n) is 4.01. The van der Waals surface area contributed by atoms with Crippen molar-refractivity contribution >= 4 is 34.6 Å². The molecule has 2 aromatic carbocycles. The molecule has 0 spiro atoms. The van der Waals surface area contributed by atoms with Gasteiger partial charge in [0.05, 0.1) is 6.21 Å². The molecule has 6 heteroatoms. The van der Waals surface area contributed by atoms with E-state index in [4.69, 9.17) is 16.3 Å². The molecule has 25 heavy (non-hydrogen) atoms. The van der Waals surface area contributed by atoms with E-state index >= 15 is 0 Å². The van der Waals surface area contributed by atoms with E-state index < -0.39 is 0 Å². The molecule has 1 amide bonds. The molecule has 0 aliphatic rings. The highest BCUT2D eigenvalue weighted by molar-refractivity contribution is 6.30. The summed E-state index contributed by atoms with van der Waals surface area (Å²) in [6.45, 7) is 1.90. The number of amides is 1.